The van der Waals surface area contributed by atoms with Gasteiger partial charge in [0.25, 0.3) is 0 Å². The van der Waals surface area contributed by atoms with Crippen molar-refractivity contribution in [3.8, 4) is 5.75 Å². The highest BCUT2D eigenvalue weighted by molar-refractivity contribution is 7.89. The van der Waals surface area contributed by atoms with Gasteiger partial charge in [-0.2, -0.15) is 0 Å². The van der Waals surface area contributed by atoms with Crippen LogP contribution in [0.25, 0.3) is 0 Å². The first kappa shape index (κ1) is 18.5. The quantitative estimate of drug-likeness (QED) is 0.820. The maximum absolute atomic E-state index is 12.2. The molecule has 2 rings (SSSR count). The van der Waals surface area contributed by atoms with Gasteiger partial charge in [-0.3, -0.25) is 0 Å². The Bertz CT molecular complexity index is 561. The average molecular weight is 355 g/mol. The standard InChI is InChI=1S/C13H19ClN2O3S.ClH/c1-19-11-2-3-12(14)13(8-11)20(17,18)16-7-5-10-4-6-15-9-10;/h2-3,8,10,15-16H,4-7,9H2,1H3;1H. The lowest BCUT2D eigenvalue weighted by Crippen LogP contribution is -2.27. The first-order valence-electron chi connectivity index (χ1n) is 6.57. The van der Waals surface area contributed by atoms with Crippen molar-refractivity contribution < 1.29 is 13.2 Å². The lowest BCUT2D eigenvalue weighted by atomic mass is 10.1. The van der Waals surface area contributed by atoms with E-state index in [2.05, 4.69) is 10.0 Å². The van der Waals surface area contributed by atoms with Gasteiger partial charge in [0.1, 0.15) is 10.6 Å². The zero-order valence-electron chi connectivity index (χ0n) is 11.8. The molecule has 8 heteroatoms. The number of benzene rings is 1. The van der Waals surface area contributed by atoms with Gasteiger partial charge in [0.2, 0.25) is 10.0 Å². The van der Waals surface area contributed by atoms with Crippen molar-refractivity contribution in [2.45, 2.75) is 17.7 Å². The van der Waals surface area contributed by atoms with Gasteiger partial charge in [0.05, 0.1) is 12.1 Å². The van der Waals surface area contributed by atoms with E-state index < -0.39 is 10.0 Å². The van der Waals surface area contributed by atoms with Crippen LogP contribution in [0.3, 0.4) is 0 Å². The van der Waals surface area contributed by atoms with E-state index in [1.54, 1.807) is 6.07 Å². The Morgan fingerprint density at radius 3 is 2.86 bits per heavy atom. The Balaban J connectivity index is 0.00000220. The molecule has 120 valence electrons. The summed E-state index contributed by atoms with van der Waals surface area (Å²) in [6, 6.07) is 4.59. The summed E-state index contributed by atoms with van der Waals surface area (Å²) in [5, 5.41) is 3.46. The number of nitrogens with one attached hydrogen (secondary N) is 2. The van der Waals surface area contributed by atoms with Gasteiger partial charge in [-0.1, -0.05) is 11.6 Å². The molecule has 1 saturated heterocycles. The Kier molecular flexibility index (Phi) is 7.23. The Morgan fingerprint density at radius 1 is 1.48 bits per heavy atom. The molecule has 2 N–H and O–H groups in total. The minimum atomic E-state index is -3.60. The summed E-state index contributed by atoms with van der Waals surface area (Å²) in [7, 11) is -2.11. The van der Waals surface area contributed by atoms with Crippen molar-refractivity contribution in [1.29, 1.82) is 0 Å². The Hall–Kier alpha value is -0.530. The molecule has 1 unspecified atom stereocenters. The fraction of sp³-hybridized carbons (Fsp3) is 0.538. The lowest BCUT2D eigenvalue weighted by Gasteiger charge is -2.11. The highest BCUT2D eigenvalue weighted by atomic mass is 35.5. The molecule has 1 aromatic rings. The van der Waals surface area contributed by atoms with Crippen molar-refractivity contribution in [3.05, 3.63) is 23.2 Å². The minimum absolute atomic E-state index is 0. The van der Waals surface area contributed by atoms with Gasteiger partial charge in [-0.15, -0.1) is 12.4 Å². The summed E-state index contributed by atoms with van der Waals surface area (Å²) in [5.74, 6) is 1.01. The topological polar surface area (TPSA) is 67.4 Å². The van der Waals surface area contributed by atoms with Gasteiger partial charge in [-0.25, -0.2) is 13.1 Å². The van der Waals surface area contributed by atoms with Crippen LogP contribution in [0.2, 0.25) is 5.02 Å². The summed E-state index contributed by atoms with van der Waals surface area (Å²) in [5.41, 5.74) is 0. The third kappa shape index (κ3) is 5.00. The monoisotopic (exact) mass is 354 g/mol. The first-order chi connectivity index (χ1) is 9.53. The second kappa shape index (κ2) is 8.19. The van der Waals surface area contributed by atoms with Crippen LogP contribution in [0, 0.1) is 5.92 Å². The number of hydrogen-bond donors (Lipinski definition) is 2. The van der Waals surface area contributed by atoms with E-state index in [-0.39, 0.29) is 22.3 Å². The van der Waals surface area contributed by atoms with Crippen molar-refractivity contribution in [1.82, 2.24) is 10.0 Å². The molecule has 0 radical (unpaired) electrons. The molecule has 1 fully saturated rings. The second-order valence-corrected chi connectivity index (χ2v) is 6.98. The van der Waals surface area contributed by atoms with Crippen LogP contribution in [0.4, 0.5) is 0 Å². The lowest BCUT2D eigenvalue weighted by molar-refractivity contribution is 0.413. The number of hydrogen-bond acceptors (Lipinski definition) is 4. The van der Waals surface area contributed by atoms with Crippen molar-refractivity contribution in [2.75, 3.05) is 26.7 Å². The molecule has 0 aliphatic carbocycles. The van der Waals surface area contributed by atoms with E-state index in [0.29, 0.717) is 18.2 Å². The second-order valence-electron chi connectivity index (χ2n) is 4.84. The van der Waals surface area contributed by atoms with Gasteiger partial charge in [0.15, 0.2) is 0 Å². The smallest absolute Gasteiger partial charge is 0.242 e. The zero-order valence-corrected chi connectivity index (χ0v) is 14.2. The number of ether oxygens (including phenoxy) is 1. The molecule has 0 saturated carbocycles. The number of sulfonamides is 1. The van der Waals surface area contributed by atoms with Gasteiger partial charge < -0.3 is 10.1 Å². The molecule has 1 aliphatic heterocycles. The van der Waals surface area contributed by atoms with Crippen molar-refractivity contribution in [3.63, 3.8) is 0 Å². The SMILES string of the molecule is COc1ccc(Cl)c(S(=O)(=O)NCCC2CCNC2)c1.Cl. The van der Waals surface area contributed by atoms with Crippen molar-refractivity contribution >= 4 is 34.0 Å². The summed E-state index contributed by atoms with van der Waals surface area (Å²) in [4.78, 5) is 0.0584. The van der Waals surface area contributed by atoms with Crippen LogP contribution in [0.15, 0.2) is 23.1 Å². The largest absolute Gasteiger partial charge is 0.497 e. The van der Waals surface area contributed by atoms with Crippen LogP contribution in [0.1, 0.15) is 12.8 Å². The van der Waals surface area contributed by atoms with Crippen LogP contribution < -0.4 is 14.8 Å². The average Bonchev–Trinajstić information content (AvgIpc) is 2.92. The third-order valence-corrected chi connectivity index (χ3v) is 5.38. The molecular weight excluding hydrogens is 335 g/mol. The van der Waals surface area contributed by atoms with E-state index in [1.165, 1.54) is 19.2 Å². The summed E-state index contributed by atoms with van der Waals surface area (Å²) in [6.45, 7) is 2.39. The van der Waals surface area contributed by atoms with E-state index in [4.69, 9.17) is 16.3 Å². The summed E-state index contributed by atoms with van der Waals surface area (Å²) < 4.78 is 32.1. The molecule has 1 atom stereocenters. The van der Waals surface area contributed by atoms with E-state index >= 15 is 0 Å². The Morgan fingerprint density at radius 2 is 2.24 bits per heavy atom. The third-order valence-electron chi connectivity index (χ3n) is 3.43. The molecule has 1 aromatic carbocycles. The van der Waals surface area contributed by atoms with Gasteiger partial charge >= 0.3 is 0 Å². The molecule has 21 heavy (non-hydrogen) atoms. The van der Waals surface area contributed by atoms with E-state index in [9.17, 15) is 8.42 Å². The maximum Gasteiger partial charge on any atom is 0.242 e. The zero-order chi connectivity index (χ0) is 14.6. The van der Waals surface area contributed by atoms with Crippen LogP contribution in [0.5, 0.6) is 5.75 Å². The van der Waals surface area contributed by atoms with Crippen LogP contribution in [-0.2, 0) is 10.0 Å². The number of rotatable bonds is 6. The molecule has 0 amide bonds. The first-order valence-corrected chi connectivity index (χ1v) is 8.43. The number of halogens is 2. The summed E-state index contributed by atoms with van der Waals surface area (Å²) >= 11 is 5.96. The maximum atomic E-state index is 12.2. The highest BCUT2D eigenvalue weighted by Gasteiger charge is 2.20. The summed E-state index contributed by atoms with van der Waals surface area (Å²) in [6.07, 6.45) is 1.93. The van der Waals surface area contributed by atoms with Crippen LogP contribution >= 0.6 is 24.0 Å². The molecule has 0 aromatic heterocycles. The predicted octanol–water partition coefficient (Wildman–Crippen LogP) is 2.05. The normalized spacial score (nSPS) is 18.3. The van der Waals surface area contributed by atoms with Gasteiger partial charge in [-0.05, 0) is 44.0 Å². The molecule has 5 nitrogen and oxygen atoms in total. The van der Waals surface area contributed by atoms with Gasteiger partial charge in [0, 0.05) is 12.6 Å². The predicted molar refractivity (Wildman–Crippen MR) is 86.0 cm³/mol. The molecule has 1 heterocycles. The molecule has 0 spiro atoms. The van der Waals surface area contributed by atoms with E-state index in [1.807, 2.05) is 0 Å². The highest BCUT2D eigenvalue weighted by Crippen LogP contribution is 2.26. The molecule has 0 bridgehead atoms. The molecule has 1 aliphatic rings. The fourth-order valence-corrected chi connectivity index (χ4v) is 3.81. The Labute approximate surface area is 136 Å². The van der Waals surface area contributed by atoms with Crippen molar-refractivity contribution in [2.24, 2.45) is 5.92 Å². The van der Waals surface area contributed by atoms with E-state index in [0.717, 1.165) is 25.9 Å². The van der Waals surface area contributed by atoms with Crippen LogP contribution in [-0.4, -0.2) is 35.2 Å². The minimum Gasteiger partial charge on any atom is -0.497 e. The molecular formula is C13H20Cl2N2O3S. The fourth-order valence-electron chi connectivity index (χ4n) is 2.25. The number of methoxy groups -OCH3 is 1.